The van der Waals surface area contributed by atoms with Crippen molar-refractivity contribution in [3.05, 3.63) is 120 Å². The lowest BCUT2D eigenvalue weighted by Crippen LogP contribution is -2.48. The first-order valence-electron chi connectivity index (χ1n) is 13.5. The van der Waals surface area contributed by atoms with E-state index in [1.807, 2.05) is 18.2 Å². The van der Waals surface area contributed by atoms with Gasteiger partial charge in [0.25, 0.3) is 15.9 Å². The number of hydrogen-bond acceptors (Lipinski definition) is 6. The zero-order valence-corrected chi connectivity index (χ0v) is 24.8. The molecule has 230 valence electrons. The Bertz CT molecular complexity index is 1680. The molecule has 12 heteroatoms. The largest absolute Gasteiger partial charge is 0.496 e. The lowest BCUT2D eigenvalue weighted by molar-refractivity contribution is -0.142. The second kappa shape index (κ2) is 14.5. The van der Waals surface area contributed by atoms with Crippen molar-refractivity contribution in [2.75, 3.05) is 18.4 Å². The predicted molar refractivity (Wildman–Crippen MR) is 160 cm³/mol. The van der Waals surface area contributed by atoms with Crippen LogP contribution in [0.1, 0.15) is 18.1 Å². The normalized spacial score (nSPS) is 11.7. The number of carbonyl (C=O) groups is 2. The minimum absolute atomic E-state index is 0.0119. The molecule has 0 aromatic heterocycles. The monoisotopic (exact) mass is 623 g/mol. The standard InChI is InChI=1S/C32H31F2N3O6S/c1-22(32(39)35-19-24-5-3-4-6-30(24)42-2)37(20-23-7-9-25(33)10-8-23)31(38)21-43-28-15-17-29(18-16-28)44(40,41)36-27-13-11-26(34)12-14-27/h3-18,22,36H,19-21H2,1-2H3,(H,35,39). The van der Waals surface area contributed by atoms with Gasteiger partial charge >= 0.3 is 0 Å². The number of para-hydroxylation sites is 1. The van der Waals surface area contributed by atoms with Gasteiger partial charge in [-0.15, -0.1) is 0 Å². The van der Waals surface area contributed by atoms with Crippen LogP contribution < -0.4 is 19.5 Å². The number of sulfonamides is 1. The van der Waals surface area contributed by atoms with Gasteiger partial charge in [0.1, 0.15) is 29.2 Å². The highest BCUT2D eigenvalue weighted by molar-refractivity contribution is 7.92. The van der Waals surface area contributed by atoms with Crippen LogP contribution >= 0.6 is 0 Å². The van der Waals surface area contributed by atoms with E-state index in [-0.39, 0.29) is 29.4 Å². The topological polar surface area (TPSA) is 114 Å². The summed E-state index contributed by atoms with van der Waals surface area (Å²) in [5.41, 5.74) is 1.56. The Morgan fingerprint density at radius 2 is 1.48 bits per heavy atom. The average molecular weight is 624 g/mol. The molecule has 4 aromatic rings. The molecule has 0 aliphatic carbocycles. The molecule has 0 saturated carbocycles. The van der Waals surface area contributed by atoms with Gasteiger partial charge in [0.2, 0.25) is 5.91 Å². The fourth-order valence-electron chi connectivity index (χ4n) is 4.22. The number of rotatable bonds is 13. The fourth-order valence-corrected chi connectivity index (χ4v) is 5.28. The van der Waals surface area contributed by atoms with Crippen molar-refractivity contribution in [1.82, 2.24) is 10.2 Å². The Kier molecular flexibility index (Phi) is 10.5. The van der Waals surface area contributed by atoms with Crippen LogP contribution in [-0.2, 0) is 32.7 Å². The van der Waals surface area contributed by atoms with Gasteiger partial charge in [0.05, 0.1) is 12.0 Å². The van der Waals surface area contributed by atoms with E-state index in [4.69, 9.17) is 9.47 Å². The molecular formula is C32H31F2N3O6S. The second-order valence-electron chi connectivity index (χ2n) is 9.73. The molecule has 0 aliphatic rings. The molecule has 0 saturated heterocycles. The molecule has 0 fully saturated rings. The zero-order valence-electron chi connectivity index (χ0n) is 24.0. The van der Waals surface area contributed by atoms with E-state index in [1.54, 1.807) is 13.0 Å². The summed E-state index contributed by atoms with van der Waals surface area (Å²) < 4.78 is 65.3. The van der Waals surface area contributed by atoms with Crippen molar-refractivity contribution in [1.29, 1.82) is 0 Å². The van der Waals surface area contributed by atoms with Crippen molar-refractivity contribution >= 4 is 27.5 Å². The van der Waals surface area contributed by atoms with Crippen LogP contribution in [0.5, 0.6) is 11.5 Å². The average Bonchev–Trinajstić information content (AvgIpc) is 3.03. The highest BCUT2D eigenvalue weighted by Crippen LogP contribution is 2.21. The molecule has 0 radical (unpaired) electrons. The van der Waals surface area contributed by atoms with Crippen LogP contribution in [0.25, 0.3) is 0 Å². The van der Waals surface area contributed by atoms with Gasteiger partial charge in [-0.1, -0.05) is 30.3 Å². The van der Waals surface area contributed by atoms with Gasteiger partial charge in [0.15, 0.2) is 6.61 Å². The van der Waals surface area contributed by atoms with Crippen molar-refractivity contribution in [3.8, 4) is 11.5 Å². The van der Waals surface area contributed by atoms with Gasteiger partial charge < -0.3 is 19.7 Å². The molecule has 0 spiro atoms. The summed E-state index contributed by atoms with van der Waals surface area (Å²) in [5.74, 6) is -1.05. The van der Waals surface area contributed by atoms with E-state index in [9.17, 15) is 26.8 Å². The minimum atomic E-state index is -3.96. The number of halogens is 2. The second-order valence-corrected chi connectivity index (χ2v) is 11.4. The van der Waals surface area contributed by atoms with Crippen molar-refractivity contribution < 1.29 is 36.3 Å². The molecule has 4 rings (SSSR count). The third-order valence-corrected chi connectivity index (χ3v) is 8.07. The van der Waals surface area contributed by atoms with Gasteiger partial charge in [-0.25, -0.2) is 17.2 Å². The Balaban J connectivity index is 1.42. The van der Waals surface area contributed by atoms with Gasteiger partial charge in [-0.3, -0.25) is 14.3 Å². The Morgan fingerprint density at radius 1 is 0.864 bits per heavy atom. The van der Waals surface area contributed by atoms with Crippen molar-refractivity contribution in [3.63, 3.8) is 0 Å². The molecule has 9 nitrogen and oxygen atoms in total. The van der Waals surface area contributed by atoms with Crippen molar-refractivity contribution in [2.24, 2.45) is 0 Å². The molecule has 1 unspecified atom stereocenters. The van der Waals surface area contributed by atoms with Crippen LogP contribution in [0.15, 0.2) is 102 Å². The van der Waals surface area contributed by atoms with Crippen LogP contribution in [0.3, 0.4) is 0 Å². The summed E-state index contributed by atoms with van der Waals surface area (Å²) in [7, 11) is -2.43. The number of carbonyl (C=O) groups excluding carboxylic acids is 2. The summed E-state index contributed by atoms with van der Waals surface area (Å²) in [6.45, 7) is 1.31. The van der Waals surface area contributed by atoms with Crippen LogP contribution in [0.4, 0.5) is 14.5 Å². The Hall–Kier alpha value is -4.97. The number of methoxy groups -OCH3 is 1. The number of nitrogens with one attached hydrogen (secondary N) is 2. The highest BCUT2D eigenvalue weighted by atomic mass is 32.2. The molecule has 0 bridgehead atoms. The van der Waals surface area contributed by atoms with Gasteiger partial charge in [-0.05, 0) is 79.2 Å². The number of nitrogens with zero attached hydrogens (tertiary/aromatic N) is 1. The number of benzene rings is 4. The lowest BCUT2D eigenvalue weighted by Gasteiger charge is -2.29. The zero-order chi connectivity index (χ0) is 31.7. The number of hydrogen-bond donors (Lipinski definition) is 2. The molecule has 0 heterocycles. The fraction of sp³-hybridized carbons (Fsp3) is 0.188. The summed E-state index contributed by atoms with van der Waals surface area (Å²) in [6, 6.07) is 22.1. The quantitative estimate of drug-likeness (QED) is 0.219. The Morgan fingerprint density at radius 3 is 2.11 bits per heavy atom. The van der Waals surface area contributed by atoms with Crippen LogP contribution in [0.2, 0.25) is 0 Å². The molecule has 2 amide bonds. The molecular weight excluding hydrogens is 592 g/mol. The molecule has 1 atom stereocenters. The van der Waals surface area contributed by atoms with Crippen LogP contribution in [-0.4, -0.2) is 44.9 Å². The summed E-state index contributed by atoms with van der Waals surface area (Å²) in [5, 5.41) is 2.82. The van der Waals surface area contributed by atoms with Crippen molar-refractivity contribution in [2.45, 2.75) is 31.0 Å². The Labute approximate surface area is 254 Å². The molecule has 0 aliphatic heterocycles. The third-order valence-electron chi connectivity index (χ3n) is 6.67. The number of ether oxygens (including phenoxy) is 2. The van der Waals surface area contributed by atoms with Gasteiger partial charge in [-0.2, -0.15) is 0 Å². The summed E-state index contributed by atoms with van der Waals surface area (Å²) in [6.07, 6.45) is 0. The highest BCUT2D eigenvalue weighted by Gasteiger charge is 2.27. The molecule has 4 aromatic carbocycles. The number of anilines is 1. The maximum Gasteiger partial charge on any atom is 0.261 e. The minimum Gasteiger partial charge on any atom is -0.496 e. The van der Waals surface area contributed by atoms with E-state index in [0.29, 0.717) is 11.3 Å². The first kappa shape index (κ1) is 32.0. The number of amides is 2. The first-order chi connectivity index (χ1) is 21.1. The van der Waals surface area contributed by atoms with E-state index < -0.39 is 46.1 Å². The smallest absolute Gasteiger partial charge is 0.261 e. The maximum atomic E-state index is 13.5. The summed E-state index contributed by atoms with van der Waals surface area (Å²) in [4.78, 5) is 27.7. The van der Waals surface area contributed by atoms with Gasteiger partial charge in [0, 0.05) is 24.3 Å². The lowest BCUT2D eigenvalue weighted by atomic mass is 10.1. The van der Waals surface area contributed by atoms with E-state index in [1.165, 1.54) is 72.7 Å². The van der Waals surface area contributed by atoms with E-state index in [0.717, 1.165) is 17.7 Å². The summed E-state index contributed by atoms with van der Waals surface area (Å²) >= 11 is 0. The molecule has 44 heavy (non-hydrogen) atoms. The van der Waals surface area contributed by atoms with Crippen LogP contribution in [0, 0.1) is 11.6 Å². The maximum absolute atomic E-state index is 13.5. The first-order valence-corrected chi connectivity index (χ1v) is 15.0. The SMILES string of the molecule is COc1ccccc1CNC(=O)C(C)N(Cc1ccc(F)cc1)C(=O)COc1ccc(S(=O)(=O)Nc2ccc(F)cc2)cc1. The van der Waals surface area contributed by atoms with E-state index in [2.05, 4.69) is 10.0 Å². The van der Waals surface area contributed by atoms with E-state index >= 15 is 0 Å². The predicted octanol–water partition coefficient (Wildman–Crippen LogP) is 4.89. The third kappa shape index (κ3) is 8.54. The molecule has 2 N–H and O–H groups in total.